The van der Waals surface area contributed by atoms with Gasteiger partial charge < -0.3 is 14.5 Å². The van der Waals surface area contributed by atoms with Gasteiger partial charge in [-0.05, 0) is 30.4 Å². The maximum Gasteiger partial charge on any atom is 0.416 e. The Balaban J connectivity index is 1.20. The molecule has 3 fully saturated rings. The molecule has 3 aliphatic rings. The van der Waals surface area contributed by atoms with Gasteiger partial charge in [-0.3, -0.25) is 0 Å². The summed E-state index contributed by atoms with van der Waals surface area (Å²) in [5.41, 5.74) is 0.869. The Morgan fingerprint density at radius 1 is 0.969 bits per heavy atom. The number of hydrogen-bond acceptors (Lipinski definition) is 7. The molecule has 3 aliphatic heterocycles. The number of piperidine rings is 1. The minimum Gasteiger partial charge on any atom is -0.377 e. The van der Waals surface area contributed by atoms with Gasteiger partial charge in [0.2, 0.25) is 0 Å². The van der Waals surface area contributed by atoms with Crippen LogP contribution in [-0.2, 0) is 10.9 Å². The molecule has 8 nitrogen and oxygen atoms in total. The number of aromatic nitrogens is 5. The van der Waals surface area contributed by atoms with Crippen molar-refractivity contribution in [1.29, 1.82) is 0 Å². The van der Waals surface area contributed by atoms with E-state index >= 15 is 0 Å². The molecule has 0 N–H and O–H groups in total. The number of rotatable bonds is 3. The molecule has 0 radical (unpaired) electrons. The molecular formula is C21H22F3N7O. The molecule has 0 amide bonds. The van der Waals surface area contributed by atoms with Gasteiger partial charge in [0.1, 0.15) is 23.2 Å². The molecule has 3 aromatic heterocycles. The van der Waals surface area contributed by atoms with Crippen LogP contribution in [0.3, 0.4) is 0 Å². The molecule has 3 aromatic rings. The minimum absolute atomic E-state index is 0.200. The standard InChI is InChI=1S/C21H22F3N7O/c22-21(23,24)15-1-3-25-18(5-15)30-8-13-2-4-29(9-14(13)10-30)19-7-26-17-6-27-31(20(17)28-19)16-11-32-12-16/h1,3,5-7,13-14,16H,2,4,8-12H2/t13-,14-/m1/s1. The molecule has 6 heterocycles. The fourth-order valence-corrected chi connectivity index (χ4v) is 4.93. The van der Waals surface area contributed by atoms with E-state index in [2.05, 4.69) is 20.0 Å². The number of anilines is 2. The van der Waals surface area contributed by atoms with Crippen LogP contribution in [0.5, 0.6) is 0 Å². The topological polar surface area (TPSA) is 72.2 Å². The number of alkyl halides is 3. The van der Waals surface area contributed by atoms with Crippen LogP contribution in [0.25, 0.3) is 11.2 Å². The monoisotopic (exact) mass is 445 g/mol. The summed E-state index contributed by atoms with van der Waals surface area (Å²) in [5.74, 6) is 1.97. The number of hydrogen-bond donors (Lipinski definition) is 0. The maximum absolute atomic E-state index is 13.1. The summed E-state index contributed by atoms with van der Waals surface area (Å²) in [6, 6.07) is 2.37. The SMILES string of the molecule is FC(F)(F)c1ccnc(N2C[C@H]3CCN(c4cnc5cnn(C6COC6)c5n4)C[C@@H]3C2)c1. The molecule has 11 heteroatoms. The van der Waals surface area contributed by atoms with Crippen LogP contribution in [0, 0.1) is 11.8 Å². The summed E-state index contributed by atoms with van der Waals surface area (Å²) in [4.78, 5) is 17.8. The lowest BCUT2D eigenvalue weighted by Crippen LogP contribution is -2.40. The predicted molar refractivity (Wildman–Crippen MR) is 110 cm³/mol. The smallest absolute Gasteiger partial charge is 0.377 e. The van der Waals surface area contributed by atoms with E-state index in [1.165, 1.54) is 6.20 Å². The molecular weight excluding hydrogens is 423 g/mol. The normalized spacial score (nSPS) is 24.1. The van der Waals surface area contributed by atoms with Crippen molar-refractivity contribution < 1.29 is 17.9 Å². The zero-order chi connectivity index (χ0) is 21.9. The Labute approximate surface area is 182 Å². The van der Waals surface area contributed by atoms with Crippen molar-refractivity contribution in [3.8, 4) is 0 Å². The fraction of sp³-hybridized carbons (Fsp3) is 0.524. The van der Waals surface area contributed by atoms with E-state index in [-0.39, 0.29) is 6.04 Å². The summed E-state index contributed by atoms with van der Waals surface area (Å²) in [6.07, 6.45) is 1.35. The highest BCUT2D eigenvalue weighted by Gasteiger charge is 2.39. The summed E-state index contributed by atoms with van der Waals surface area (Å²) in [6.45, 7) is 4.31. The van der Waals surface area contributed by atoms with Gasteiger partial charge in [-0.15, -0.1) is 0 Å². The predicted octanol–water partition coefficient (Wildman–Crippen LogP) is 2.77. The molecule has 0 spiro atoms. The first-order valence-corrected chi connectivity index (χ1v) is 10.8. The third-order valence-corrected chi connectivity index (χ3v) is 6.78. The molecule has 3 saturated heterocycles. The zero-order valence-electron chi connectivity index (χ0n) is 17.2. The van der Waals surface area contributed by atoms with Crippen molar-refractivity contribution in [1.82, 2.24) is 24.7 Å². The Hall–Kier alpha value is -2.95. The minimum atomic E-state index is -4.36. The largest absolute Gasteiger partial charge is 0.416 e. The average Bonchev–Trinajstić information content (AvgIpc) is 3.36. The maximum atomic E-state index is 13.1. The van der Waals surface area contributed by atoms with Crippen molar-refractivity contribution in [3.63, 3.8) is 0 Å². The molecule has 168 valence electrons. The van der Waals surface area contributed by atoms with Gasteiger partial charge in [-0.1, -0.05) is 0 Å². The number of pyridine rings is 1. The number of halogens is 3. The van der Waals surface area contributed by atoms with Crippen LogP contribution in [0.4, 0.5) is 24.8 Å². The van der Waals surface area contributed by atoms with Crippen LogP contribution >= 0.6 is 0 Å². The third kappa shape index (κ3) is 3.35. The summed E-state index contributed by atoms with van der Waals surface area (Å²) < 4.78 is 46.5. The molecule has 0 unspecified atom stereocenters. The second-order valence-corrected chi connectivity index (χ2v) is 8.78. The molecule has 0 aromatic carbocycles. The molecule has 0 aliphatic carbocycles. The number of fused-ring (bicyclic) bond motifs is 2. The van der Waals surface area contributed by atoms with Gasteiger partial charge in [-0.2, -0.15) is 18.3 Å². The second-order valence-electron chi connectivity index (χ2n) is 8.78. The van der Waals surface area contributed by atoms with Gasteiger partial charge in [0.25, 0.3) is 0 Å². The summed E-state index contributed by atoms with van der Waals surface area (Å²) in [7, 11) is 0. The fourth-order valence-electron chi connectivity index (χ4n) is 4.93. The van der Waals surface area contributed by atoms with Crippen molar-refractivity contribution in [2.24, 2.45) is 11.8 Å². The van der Waals surface area contributed by atoms with Gasteiger partial charge >= 0.3 is 6.18 Å². The van der Waals surface area contributed by atoms with Crippen LogP contribution in [-0.4, -0.2) is 64.1 Å². The molecule has 2 atom stereocenters. The van der Waals surface area contributed by atoms with Crippen molar-refractivity contribution in [3.05, 3.63) is 36.3 Å². The Morgan fingerprint density at radius 2 is 1.78 bits per heavy atom. The lowest BCUT2D eigenvalue weighted by atomic mass is 9.89. The van der Waals surface area contributed by atoms with E-state index in [0.717, 1.165) is 55.2 Å². The average molecular weight is 445 g/mol. The first kappa shape index (κ1) is 19.7. The first-order chi connectivity index (χ1) is 15.5. The van der Waals surface area contributed by atoms with Gasteiger partial charge in [0, 0.05) is 32.4 Å². The highest BCUT2D eigenvalue weighted by Crippen LogP contribution is 2.37. The van der Waals surface area contributed by atoms with E-state index < -0.39 is 11.7 Å². The van der Waals surface area contributed by atoms with Gasteiger partial charge in [0.05, 0.1) is 31.2 Å². The molecule has 32 heavy (non-hydrogen) atoms. The van der Waals surface area contributed by atoms with Crippen molar-refractivity contribution >= 4 is 22.8 Å². The molecule has 6 rings (SSSR count). The lowest BCUT2D eigenvalue weighted by Gasteiger charge is -2.34. The number of nitrogens with zero attached hydrogens (tertiary/aromatic N) is 7. The Kier molecular flexibility index (Phi) is 4.49. The lowest BCUT2D eigenvalue weighted by molar-refractivity contribution is -0.137. The number of ether oxygens (including phenoxy) is 1. The van der Waals surface area contributed by atoms with E-state index in [1.54, 1.807) is 12.4 Å². The highest BCUT2D eigenvalue weighted by molar-refractivity contribution is 5.71. The van der Waals surface area contributed by atoms with Crippen molar-refractivity contribution in [2.45, 2.75) is 18.6 Å². The molecule has 0 bridgehead atoms. The van der Waals surface area contributed by atoms with Crippen LogP contribution in [0.15, 0.2) is 30.7 Å². The molecule has 0 saturated carbocycles. The summed E-state index contributed by atoms with van der Waals surface area (Å²) >= 11 is 0. The third-order valence-electron chi connectivity index (χ3n) is 6.78. The first-order valence-electron chi connectivity index (χ1n) is 10.8. The Bertz CT molecular complexity index is 1150. The summed E-state index contributed by atoms with van der Waals surface area (Å²) in [5, 5.41) is 4.42. The Morgan fingerprint density at radius 3 is 2.56 bits per heavy atom. The van der Waals surface area contributed by atoms with E-state index in [4.69, 9.17) is 9.72 Å². The van der Waals surface area contributed by atoms with Gasteiger partial charge in [-0.25, -0.2) is 19.6 Å². The highest BCUT2D eigenvalue weighted by atomic mass is 19.4. The second kappa shape index (κ2) is 7.29. The van der Waals surface area contributed by atoms with Crippen molar-refractivity contribution in [2.75, 3.05) is 49.2 Å². The van der Waals surface area contributed by atoms with E-state index in [0.29, 0.717) is 37.4 Å². The van der Waals surface area contributed by atoms with Crippen LogP contribution in [0.2, 0.25) is 0 Å². The van der Waals surface area contributed by atoms with Crippen LogP contribution in [0.1, 0.15) is 18.0 Å². The zero-order valence-corrected chi connectivity index (χ0v) is 17.2. The van der Waals surface area contributed by atoms with E-state index in [1.807, 2.05) is 9.58 Å². The van der Waals surface area contributed by atoms with Crippen LogP contribution < -0.4 is 9.80 Å². The quantitative estimate of drug-likeness (QED) is 0.614. The van der Waals surface area contributed by atoms with E-state index in [9.17, 15) is 13.2 Å². The van der Waals surface area contributed by atoms with Gasteiger partial charge in [0.15, 0.2) is 5.65 Å².